The summed E-state index contributed by atoms with van der Waals surface area (Å²) in [5.41, 5.74) is -0.339. The van der Waals surface area contributed by atoms with Crippen molar-refractivity contribution in [2.45, 2.75) is 18.6 Å². The van der Waals surface area contributed by atoms with Crippen molar-refractivity contribution in [2.24, 2.45) is 0 Å². The maximum atomic E-state index is 12.4. The number of hydrogen-bond acceptors (Lipinski definition) is 8. The van der Waals surface area contributed by atoms with Gasteiger partial charge in [0.15, 0.2) is 17.2 Å². The normalized spacial score (nSPS) is 18.5. The van der Waals surface area contributed by atoms with E-state index in [4.69, 9.17) is 4.74 Å². The standard InChI is InChI=1S/C20H16O8/c21-10-5-13(23)11-7-15(25)20(28-16(11)6-10)9-3-8-1-2-12(22)18(26)17(8)19(27)14(24)4-9/h1-6,15,20-23,25-26H,7H2,(H,24,27). The molecule has 0 aliphatic carbocycles. The number of ether oxygens (including phenoxy) is 1. The number of aromatic hydroxyl groups is 5. The van der Waals surface area contributed by atoms with Gasteiger partial charge in [0.2, 0.25) is 5.43 Å². The molecule has 4 rings (SSSR count). The molecule has 0 fully saturated rings. The maximum Gasteiger partial charge on any atom is 0.231 e. The number of hydrogen-bond donors (Lipinski definition) is 6. The van der Waals surface area contributed by atoms with Gasteiger partial charge in [0.1, 0.15) is 23.4 Å². The molecular formula is C20H16O8. The van der Waals surface area contributed by atoms with E-state index in [1.807, 2.05) is 0 Å². The number of fused-ring (bicyclic) bond motifs is 2. The van der Waals surface area contributed by atoms with Gasteiger partial charge in [0.25, 0.3) is 0 Å². The smallest absolute Gasteiger partial charge is 0.231 e. The van der Waals surface area contributed by atoms with Crippen LogP contribution in [-0.2, 0) is 6.42 Å². The van der Waals surface area contributed by atoms with Crippen LogP contribution in [0.4, 0.5) is 0 Å². The number of phenols is 4. The van der Waals surface area contributed by atoms with Gasteiger partial charge in [0.05, 0.1) is 11.5 Å². The summed E-state index contributed by atoms with van der Waals surface area (Å²) in [6, 6.07) is 7.56. The highest BCUT2D eigenvalue weighted by Gasteiger charge is 2.32. The first-order chi connectivity index (χ1) is 13.3. The molecule has 0 saturated carbocycles. The zero-order valence-electron chi connectivity index (χ0n) is 14.3. The predicted molar refractivity (Wildman–Crippen MR) is 98.1 cm³/mol. The topological polar surface area (TPSA) is 148 Å². The van der Waals surface area contributed by atoms with E-state index in [-0.39, 0.29) is 40.0 Å². The third kappa shape index (κ3) is 2.71. The molecule has 144 valence electrons. The summed E-state index contributed by atoms with van der Waals surface area (Å²) in [4.78, 5) is 12.4. The van der Waals surface area contributed by atoms with E-state index in [9.17, 15) is 35.4 Å². The van der Waals surface area contributed by atoms with Crippen molar-refractivity contribution in [3.63, 3.8) is 0 Å². The SMILES string of the molecule is O=c1c(O)cc(C2Oc3cc(O)cc(O)c3CC2O)cc2ccc(O)c(O)c12. The Morgan fingerprint density at radius 2 is 1.64 bits per heavy atom. The fourth-order valence-corrected chi connectivity index (χ4v) is 3.44. The molecule has 0 saturated heterocycles. The fraction of sp³-hybridized carbons (Fsp3) is 0.150. The van der Waals surface area contributed by atoms with Gasteiger partial charge in [-0.15, -0.1) is 0 Å². The minimum absolute atomic E-state index is 0.0136. The number of benzene rings is 2. The minimum Gasteiger partial charge on any atom is -0.508 e. The molecule has 8 heteroatoms. The Labute approximate surface area is 157 Å². The van der Waals surface area contributed by atoms with Gasteiger partial charge in [-0.05, 0) is 29.1 Å². The van der Waals surface area contributed by atoms with Gasteiger partial charge in [0, 0.05) is 24.1 Å². The molecule has 2 atom stereocenters. The zero-order valence-corrected chi connectivity index (χ0v) is 14.3. The fourth-order valence-electron chi connectivity index (χ4n) is 3.44. The van der Waals surface area contributed by atoms with Gasteiger partial charge < -0.3 is 35.4 Å². The van der Waals surface area contributed by atoms with Crippen LogP contribution in [0.5, 0.6) is 34.5 Å². The van der Waals surface area contributed by atoms with Crippen molar-refractivity contribution in [2.75, 3.05) is 0 Å². The molecule has 3 aromatic rings. The summed E-state index contributed by atoms with van der Waals surface area (Å²) in [7, 11) is 0. The summed E-state index contributed by atoms with van der Waals surface area (Å²) in [5, 5.41) is 59.9. The number of rotatable bonds is 1. The molecule has 1 heterocycles. The lowest BCUT2D eigenvalue weighted by molar-refractivity contribution is 0.0198. The van der Waals surface area contributed by atoms with Gasteiger partial charge in [-0.25, -0.2) is 0 Å². The Morgan fingerprint density at radius 3 is 2.39 bits per heavy atom. The second kappa shape index (κ2) is 6.21. The van der Waals surface area contributed by atoms with Crippen molar-refractivity contribution < 1.29 is 35.4 Å². The number of phenolic OH excluding ortho intramolecular Hbond substituents is 4. The first-order valence-corrected chi connectivity index (χ1v) is 8.37. The summed E-state index contributed by atoms with van der Waals surface area (Å²) in [6.07, 6.45) is -2.13. The second-order valence-electron chi connectivity index (χ2n) is 6.65. The maximum absolute atomic E-state index is 12.4. The van der Waals surface area contributed by atoms with Crippen LogP contribution in [0.15, 0.2) is 41.2 Å². The molecule has 2 unspecified atom stereocenters. The van der Waals surface area contributed by atoms with Crippen LogP contribution >= 0.6 is 0 Å². The van der Waals surface area contributed by atoms with Crippen molar-refractivity contribution in [3.8, 4) is 34.5 Å². The third-order valence-electron chi connectivity index (χ3n) is 4.79. The van der Waals surface area contributed by atoms with Gasteiger partial charge in [-0.1, -0.05) is 6.07 Å². The summed E-state index contributed by atoms with van der Waals surface area (Å²) >= 11 is 0. The Balaban J connectivity index is 1.91. The average Bonchev–Trinajstić information content (AvgIpc) is 2.76. The van der Waals surface area contributed by atoms with Crippen LogP contribution in [0.3, 0.4) is 0 Å². The van der Waals surface area contributed by atoms with Crippen LogP contribution < -0.4 is 10.2 Å². The Morgan fingerprint density at radius 1 is 0.893 bits per heavy atom. The number of aliphatic hydroxyl groups is 1. The first-order valence-electron chi connectivity index (χ1n) is 8.37. The van der Waals surface area contributed by atoms with Crippen LogP contribution in [-0.4, -0.2) is 36.7 Å². The summed E-state index contributed by atoms with van der Waals surface area (Å²) in [5.74, 6) is -2.16. The Kier molecular flexibility index (Phi) is 3.93. The molecule has 1 aliphatic rings. The number of aliphatic hydroxyl groups excluding tert-OH is 1. The highest BCUT2D eigenvalue weighted by molar-refractivity contribution is 5.90. The molecular weight excluding hydrogens is 368 g/mol. The van der Waals surface area contributed by atoms with Gasteiger partial charge in [-0.2, -0.15) is 0 Å². The first kappa shape index (κ1) is 17.7. The monoisotopic (exact) mass is 384 g/mol. The lowest BCUT2D eigenvalue weighted by Gasteiger charge is -2.31. The average molecular weight is 384 g/mol. The van der Waals surface area contributed by atoms with E-state index in [2.05, 4.69) is 0 Å². The predicted octanol–water partition coefficient (Wildman–Crippen LogP) is 1.77. The van der Waals surface area contributed by atoms with Crippen LogP contribution in [0.2, 0.25) is 0 Å². The van der Waals surface area contributed by atoms with Crippen LogP contribution in [0, 0.1) is 0 Å². The molecule has 28 heavy (non-hydrogen) atoms. The molecule has 8 nitrogen and oxygen atoms in total. The minimum atomic E-state index is -1.12. The van der Waals surface area contributed by atoms with Crippen molar-refractivity contribution in [3.05, 3.63) is 57.7 Å². The summed E-state index contributed by atoms with van der Waals surface area (Å²) in [6.45, 7) is 0. The van der Waals surface area contributed by atoms with Crippen molar-refractivity contribution in [1.82, 2.24) is 0 Å². The molecule has 1 aliphatic heterocycles. The van der Waals surface area contributed by atoms with Crippen LogP contribution in [0.1, 0.15) is 17.2 Å². The van der Waals surface area contributed by atoms with E-state index in [0.29, 0.717) is 5.56 Å². The molecule has 0 spiro atoms. The second-order valence-corrected chi connectivity index (χ2v) is 6.65. The lowest BCUT2D eigenvalue weighted by atomic mass is 9.94. The molecule has 0 aromatic heterocycles. The molecule has 0 bridgehead atoms. The Bertz CT molecular complexity index is 1170. The van der Waals surface area contributed by atoms with Crippen LogP contribution in [0.25, 0.3) is 10.8 Å². The van der Waals surface area contributed by atoms with E-state index in [0.717, 1.165) is 12.1 Å². The van der Waals surface area contributed by atoms with E-state index in [1.54, 1.807) is 0 Å². The van der Waals surface area contributed by atoms with Gasteiger partial charge in [-0.3, -0.25) is 4.79 Å². The van der Waals surface area contributed by atoms with Gasteiger partial charge >= 0.3 is 0 Å². The van der Waals surface area contributed by atoms with E-state index >= 15 is 0 Å². The molecule has 0 amide bonds. The molecule has 3 aromatic carbocycles. The van der Waals surface area contributed by atoms with E-state index in [1.165, 1.54) is 24.3 Å². The Hall–Kier alpha value is -3.65. The van der Waals surface area contributed by atoms with Crippen molar-refractivity contribution >= 4 is 10.8 Å². The summed E-state index contributed by atoms with van der Waals surface area (Å²) < 4.78 is 5.74. The highest BCUT2D eigenvalue weighted by atomic mass is 16.5. The van der Waals surface area contributed by atoms with Crippen molar-refractivity contribution in [1.29, 1.82) is 0 Å². The van der Waals surface area contributed by atoms with E-state index < -0.39 is 34.9 Å². The quantitative estimate of drug-likeness (QED) is 0.348. The highest BCUT2D eigenvalue weighted by Crippen LogP contribution is 2.42. The zero-order chi connectivity index (χ0) is 20.2. The molecule has 0 radical (unpaired) electrons. The lowest BCUT2D eigenvalue weighted by Crippen LogP contribution is -2.30. The third-order valence-corrected chi connectivity index (χ3v) is 4.79. The molecule has 6 N–H and O–H groups in total. The largest absolute Gasteiger partial charge is 0.508 e.